The smallest absolute Gasteiger partial charge is 0.341 e. The minimum absolute atomic E-state index is 0.292. The van der Waals surface area contributed by atoms with Crippen LogP contribution in [0.25, 0.3) is 0 Å². The molecule has 1 aliphatic carbocycles. The van der Waals surface area contributed by atoms with Crippen molar-refractivity contribution in [2.45, 2.75) is 65.2 Å². The van der Waals surface area contributed by atoms with E-state index in [1.807, 2.05) is 0 Å². The average molecular weight is 431 g/mol. The summed E-state index contributed by atoms with van der Waals surface area (Å²) in [6.07, 6.45) is 4.20. The van der Waals surface area contributed by atoms with Gasteiger partial charge in [0, 0.05) is 10.6 Å². The van der Waals surface area contributed by atoms with Crippen molar-refractivity contribution in [2.24, 2.45) is 0 Å². The van der Waals surface area contributed by atoms with Crippen LogP contribution in [0, 0.1) is 0 Å². The molecule has 0 saturated heterocycles. The van der Waals surface area contributed by atoms with Gasteiger partial charge in [-0.25, -0.2) is 4.79 Å². The summed E-state index contributed by atoms with van der Waals surface area (Å²) in [5.74, 6) is 0.456. The van der Waals surface area contributed by atoms with Gasteiger partial charge >= 0.3 is 5.97 Å². The fourth-order valence-corrected chi connectivity index (χ4v) is 5.47. The molecular weight excluding hydrogens is 400 g/mol. The van der Waals surface area contributed by atoms with Gasteiger partial charge in [0.25, 0.3) is 0 Å². The molecule has 1 aromatic heterocycles. The summed E-state index contributed by atoms with van der Waals surface area (Å²) in [4.78, 5) is 13.7. The summed E-state index contributed by atoms with van der Waals surface area (Å²) >= 11 is 7.29. The fraction of sp³-hybridized carbons (Fsp3) is 0.478. The first kappa shape index (κ1) is 21.8. The predicted octanol–water partition coefficient (Wildman–Crippen LogP) is 6.47. The number of thiocarbonyl (C=S) groups is 1. The number of para-hydroxylation sites is 1. The van der Waals surface area contributed by atoms with E-state index in [1.54, 1.807) is 11.3 Å². The molecule has 3 rings (SSSR count). The second kappa shape index (κ2) is 9.26. The molecule has 0 fully saturated rings. The zero-order valence-electron chi connectivity index (χ0n) is 17.8. The molecule has 0 unspecified atom stereocenters. The number of methoxy groups -OCH3 is 1. The number of fused-ring (bicyclic) bond motifs is 1. The van der Waals surface area contributed by atoms with Crippen LogP contribution in [0.15, 0.2) is 18.2 Å². The third-order valence-corrected chi connectivity index (χ3v) is 6.81. The number of aryl methyl sites for hydroxylation is 1. The van der Waals surface area contributed by atoms with E-state index in [-0.39, 0.29) is 5.97 Å². The number of hydrogen-bond acceptors (Lipinski definition) is 4. The van der Waals surface area contributed by atoms with Gasteiger partial charge in [0.15, 0.2) is 5.11 Å². The van der Waals surface area contributed by atoms with Gasteiger partial charge in [-0.1, -0.05) is 45.9 Å². The van der Waals surface area contributed by atoms with Crippen LogP contribution in [0.5, 0.6) is 0 Å². The van der Waals surface area contributed by atoms with Crippen LogP contribution < -0.4 is 10.6 Å². The van der Waals surface area contributed by atoms with Gasteiger partial charge in [-0.3, -0.25) is 0 Å². The number of hydrogen-bond donors (Lipinski definition) is 2. The lowest BCUT2D eigenvalue weighted by molar-refractivity contribution is 0.0601. The van der Waals surface area contributed by atoms with E-state index in [1.165, 1.54) is 23.1 Å². The van der Waals surface area contributed by atoms with Crippen LogP contribution in [-0.2, 0) is 17.6 Å². The summed E-state index contributed by atoms with van der Waals surface area (Å²) < 4.78 is 5.07. The van der Waals surface area contributed by atoms with Gasteiger partial charge in [-0.2, -0.15) is 0 Å². The number of ether oxygens (including phenoxy) is 1. The summed E-state index contributed by atoms with van der Waals surface area (Å²) in [5, 5.41) is 8.02. The average Bonchev–Trinajstić information content (AvgIpc) is 3.04. The highest BCUT2D eigenvalue weighted by Gasteiger charge is 2.26. The minimum Gasteiger partial charge on any atom is -0.465 e. The minimum atomic E-state index is -0.292. The zero-order chi connectivity index (χ0) is 21.1. The molecule has 4 nitrogen and oxygen atoms in total. The highest BCUT2D eigenvalue weighted by Crippen LogP contribution is 2.39. The quantitative estimate of drug-likeness (QED) is 0.420. The van der Waals surface area contributed by atoms with Gasteiger partial charge in [0.1, 0.15) is 5.00 Å². The third kappa shape index (κ3) is 4.64. The molecule has 0 atom stereocenters. The Morgan fingerprint density at radius 1 is 1.07 bits per heavy atom. The monoisotopic (exact) mass is 430 g/mol. The highest BCUT2D eigenvalue weighted by molar-refractivity contribution is 7.80. The van der Waals surface area contributed by atoms with Crippen molar-refractivity contribution in [2.75, 3.05) is 17.7 Å². The molecular formula is C23H30N2O2S2. The lowest BCUT2D eigenvalue weighted by atomic mass is 9.93. The highest BCUT2D eigenvalue weighted by atomic mass is 32.1. The van der Waals surface area contributed by atoms with Crippen molar-refractivity contribution in [1.29, 1.82) is 0 Å². The summed E-state index contributed by atoms with van der Waals surface area (Å²) in [6.45, 7) is 8.74. The Bertz CT molecular complexity index is 890. The number of esters is 1. The maximum absolute atomic E-state index is 12.5. The molecule has 0 aliphatic heterocycles. The summed E-state index contributed by atoms with van der Waals surface area (Å²) in [5.41, 5.74) is 5.32. The second-order valence-electron chi connectivity index (χ2n) is 8.11. The van der Waals surface area contributed by atoms with E-state index in [9.17, 15) is 4.79 Å². The SMILES string of the molecule is COC(=O)c1c(NC(=S)Nc2c(C(C)C)cccc2C(C)C)sc2c1CCCC2. The Labute approximate surface area is 183 Å². The number of nitrogens with one attached hydrogen (secondary N) is 2. The molecule has 156 valence electrons. The van der Waals surface area contributed by atoms with Gasteiger partial charge in [0.05, 0.1) is 12.7 Å². The Morgan fingerprint density at radius 2 is 1.69 bits per heavy atom. The molecule has 2 aromatic rings. The first-order valence-corrected chi connectivity index (χ1v) is 11.5. The van der Waals surface area contributed by atoms with Gasteiger partial charge < -0.3 is 15.4 Å². The van der Waals surface area contributed by atoms with Gasteiger partial charge in [-0.15, -0.1) is 11.3 Å². The van der Waals surface area contributed by atoms with E-state index in [0.29, 0.717) is 22.5 Å². The number of carbonyl (C=O) groups excluding carboxylic acids is 1. The predicted molar refractivity (Wildman–Crippen MR) is 127 cm³/mol. The number of carbonyl (C=O) groups is 1. The van der Waals surface area contributed by atoms with Crippen molar-refractivity contribution < 1.29 is 9.53 Å². The zero-order valence-corrected chi connectivity index (χ0v) is 19.5. The topological polar surface area (TPSA) is 50.4 Å². The number of anilines is 2. The van der Waals surface area contributed by atoms with Crippen molar-refractivity contribution in [3.05, 3.63) is 45.3 Å². The van der Waals surface area contributed by atoms with Crippen LogP contribution in [-0.4, -0.2) is 18.2 Å². The Kier molecular flexibility index (Phi) is 6.96. The van der Waals surface area contributed by atoms with E-state index in [4.69, 9.17) is 17.0 Å². The molecule has 6 heteroatoms. The third-order valence-electron chi connectivity index (χ3n) is 5.40. The molecule has 29 heavy (non-hydrogen) atoms. The molecule has 1 aliphatic rings. The van der Waals surface area contributed by atoms with Crippen molar-refractivity contribution >= 4 is 45.3 Å². The van der Waals surface area contributed by atoms with E-state index < -0.39 is 0 Å². The Balaban J connectivity index is 1.91. The molecule has 2 N–H and O–H groups in total. The van der Waals surface area contributed by atoms with Gasteiger partial charge in [0.2, 0.25) is 0 Å². The molecule has 0 saturated carbocycles. The lowest BCUT2D eigenvalue weighted by Gasteiger charge is -2.21. The van der Waals surface area contributed by atoms with Crippen molar-refractivity contribution in [3.8, 4) is 0 Å². The first-order chi connectivity index (χ1) is 13.8. The lowest BCUT2D eigenvalue weighted by Crippen LogP contribution is -2.22. The number of rotatable bonds is 5. The first-order valence-electron chi connectivity index (χ1n) is 10.3. The number of benzene rings is 1. The number of thiophene rings is 1. The molecule has 1 aromatic carbocycles. The maximum atomic E-state index is 12.5. The molecule has 0 radical (unpaired) electrons. The summed E-state index contributed by atoms with van der Waals surface area (Å²) in [7, 11) is 1.43. The fourth-order valence-electron chi connectivity index (χ4n) is 3.92. The molecule has 1 heterocycles. The van der Waals surface area contributed by atoms with Crippen LogP contribution in [0.3, 0.4) is 0 Å². The van der Waals surface area contributed by atoms with Gasteiger partial charge in [-0.05, 0) is 66.4 Å². The van der Waals surface area contributed by atoms with E-state index in [0.717, 1.165) is 41.9 Å². The standard InChI is InChI=1S/C23H30N2O2S2/c1-13(2)15-10-8-11-16(14(3)4)20(15)24-23(28)25-21-19(22(26)27-5)17-9-6-7-12-18(17)29-21/h8,10-11,13-14H,6-7,9,12H2,1-5H3,(H2,24,25,28). The van der Waals surface area contributed by atoms with Crippen molar-refractivity contribution in [1.82, 2.24) is 0 Å². The van der Waals surface area contributed by atoms with E-state index in [2.05, 4.69) is 56.5 Å². The summed E-state index contributed by atoms with van der Waals surface area (Å²) in [6, 6.07) is 6.39. The van der Waals surface area contributed by atoms with Crippen LogP contribution in [0.2, 0.25) is 0 Å². The maximum Gasteiger partial charge on any atom is 0.341 e. The second-order valence-corrected chi connectivity index (χ2v) is 9.62. The van der Waals surface area contributed by atoms with Crippen LogP contribution >= 0.6 is 23.6 Å². The van der Waals surface area contributed by atoms with E-state index >= 15 is 0 Å². The normalized spacial score (nSPS) is 13.3. The van der Waals surface area contributed by atoms with Crippen LogP contribution in [0.4, 0.5) is 10.7 Å². The Morgan fingerprint density at radius 3 is 2.28 bits per heavy atom. The van der Waals surface area contributed by atoms with Crippen molar-refractivity contribution in [3.63, 3.8) is 0 Å². The molecule has 0 bridgehead atoms. The Hall–Kier alpha value is -1.92. The van der Waals surface area contributed by atoms with Crippen LogP contribution in [0.1, 0.15) is 84.3 Å². The largest absolute Gasteiger partial charge is 0.465 e. The molecule has 0 amide bonds. The molecule has 0 spiro atoms.